The number of aliphatic hydroxyl groups excluding tert-OH is 1. The lowest BCUT2D eigenvalue weighted by molar-refractivity contribution is 0.0877. The monoisotopic (exact) mass is 329 g/mol. The van der Waals surface area contributed by atoms with Crippen LogP contribution in [0.4, 0.5) is 0 Å². The number of thiophene rings is 1. The molecule has 1 aromatic heterocycles. The van der Waals surface area contributed by atoms with Gasteiger partial charge in [-0.2, -0.15) is 0 Å². The lowest BCUT2D eigenvalue weighted by Gasteiger charge is -2.25. The van der Waals surface area contributed by atoms with Crippen LogP contribution in [0.2, 0.25) is 0 Å². The first-order chi connectivity index (χ1) is 11.1. The highest BCUT2D eigenvalue weighted by Crippen LogP contribution is 2.29. The second-order valence-electron chi connectivity index (χ2n) is 6.43. The molecule has 0 saturated heterocycles. The van der Waals surface area contributed by atoms with Crippen LogP contribution >= 0.6 is 11.3 Å². The van der Waals surface area contributed by atoms with E-state index >= 15 is 0 Å². The van der Waals surface area contributed by atoms with Crippen LogP contribution < -0.4 is 5.32 Å². The third-order valence-electron chi connectivity index (χ3n) is 4.54. The van der Waals surface area contributed by atoms with Gasteiger partial charge < -0.3 is 10.4 Å². The third kappa shape index (κ3) is 4.01. The maximum atomic E-state index is 12.5. The van der Waals surface area contributed by atoms with Gasteiger partial charge in [0, 0.05) is 12.1 Å². The minimum absolute atomic E-state index is 0.00404. The van der Waals surface area contributed by atoms with E-state index in [1.807, 2.05) is 11.4 Å². The molecule has 0 spiro atoms. The van der Waals surface area contributed by atoms with Gasteiger partial charge in [0.25, 0.3) is 5.91 Å². The van der Waals surface area contributed by atoms with Crippen molar-refractivity contribution in [3.63, 3.8) is 0 Å². The fraction of sp³-hybridized carbons (Fsp3) is 0.421. The number of nitrogens with one attached hydrogen (secondary N) is 1. The van der Waals surface area contributed by atoms with E-state index in [0.29, 0.717) is 12.5 Å². The van der Waals surface area contributed by atoms with Crippen LogP contribution in [-0.2, 0) is 0 Å². The summed E-state index contributed by atoms with van der Waals surface area (Å²) in [7, 11) is 0. The standard InChI is InChI=1S/C19H23NO2S/c1-13-5-7-15(8-6-13)17-9-10-23-18(17)19(22)20-12-14-3-2-4-16(21)11-14/h5-10,14,16,21H,2-4,11-12H2,1H3,(H,20,22). The molecule has 4 heteroatoms. The topological polar surface area (TPSA) is 49.3 Å². The van der Waals surface area contributed by atoms with Gasteiger partial charge >= 0.3 is 0 Å². The summed E-state index contributed by atoms with van der Waals surface area (Å²) in [5.41, 5.74) is 3.29. The quantitative estimate of drug-likeness (QED) is 0.890. The van der Waals surface area contributed by atoms with Gasteiger partial charge in [-0.25, -0.2) is 0 Å². The predicted octanol–water partition coefficient (Wildman–Crippen LogP) is 4.00. The highest BCUT2D eigenvalue weighted by Gasteiger charge is 2.21. The van der Waals surface area contributed by atoms with Gasteiger partial charge in [-0.05, 0) is 49.1 Å². The maximum absolute atomic E-state index is 12.5. The summed E-state index contributed by atoms with van der Waals surface area (Å²) < 4.78 is 0. The zero-order chi connectivity index (χ0) is 16.2. The van der Waals surface area contributed by atoms with Crippen LogP contribution in [0.1, 0.15) is 40.9 Å². The predicted molar refractivity (Wildman–Crippen MR) is 94.8 cm³/mol. The first kappa shape index (κ1) is 16.2. The number of aryl methyl sites for hydroxylation is 1. The van der Waals surface area contributed by atoms with E-state index in [0.717, 1.165) is 41.7 Å². The summed E-state index contributed by atoms with van der Waals surface area (Å²) in [6.07, 6.45) is 3.64. The second kappa shape index (κ2) is 7.28. The molecule has 2 N–H and O–H groups in total. The van der Waals surface area contributed by atoms with Gasteiger partial charge in [-0.1, -0.05) is 36.2 Å². The van der Waals surface area contributed by atoms with Crippen LogP contribution in [0.3, 0.4) is 0 Å². The zero-order valence-corrected chi connectivity index (χ0v) is 14.2. The van der Waals surface area contributed by atoms with Crippen molar-refractivity contribution in [3.8, 4) is 11.1 Å². The maximum Gasteiger partial charge on any atom is 0.261 e. The molecule has 1 amide bonds. The fourth-order valence-electron chi connectivity index (χ4n) is 3.21. The molecule has 1 aliphatic rings. The molecule has 122 valence electrons. The van der Waals surface area contributed by atoms with Gasteiger partial charge in [0.2, 0.25) is 0 Å². The zero-order valence-electron chi connectivity index (χ0n) is 13.4. The molecular weight excluding hydrogens is 306 g/mol. The molecule has 1 aliphatic carbocycles. The van der Waals surface area contributed by atoms with Crippen LogP contribution in [0, 0.1) is 12.8 Å². The van der Waals surface area contributed by atoms with Crippen LogP contribution in [-0.4, -0.2) is 23.7 Å². The lowest BCUT2D eigenvalue weighted by Crippen LogP contribution is -2.32. The summed E-state index contributed by atoms with van der Waals surface area (Å²) >= 11 is 1.48. The number of carbonyl (C=O) groups excluding carboxylic acids is 1. The summed E-state index contributed by atoms with van der Waals surface area (Å²) in [5, 5.41) is 14.8. The molecule has 23 heavy (non-hydrogen) atoms. The SMILES string of the molecule is Cc1ccc(-c2ccsc2C(=O)NCC2CCCC(O)C2)cc1. The van der Waals surface area contributed by atoms with Gasteiger partial charge in [-0.3, -0.25) is 4.79 Å². The van der Waals surface area contributed by atoms with E-state index in [-0.39, 0.29) is 12.0 Å². The second-order valence-corrected chi connectivity index (χ2v) is 7.34. The Morgan fingerprint density at radius 1 is 1.26 bits per heavy atom. The van der Waals surface area contributed by atoms with Crippen LogP contribution in [0.15, 0.2) is 35.7 Å². The Morgan fingerprint density at radius 3 is 2.78 bits per heavy atom. The molecule has 1 aromatic carbocycles. The highest BCUT2D eigenvalue weighted by molar-refractivity contribution is 7.12. The van der Waals surface area contributed by atoms with Crippen molar-refractivity contribution >= 4 is 17.2 Å². The number of amides is 1. The van der Waals surface area contributed by atoms with Gasteiger partial charge in [0.1, 0.15) is 0 Å². The Balaban J connectivity index is 1.66. The molecule has 2 atom stereocenters. The number of hydrogen-bond acceptors (Lipinski definition) is 3. The number of rotatable bonds is 4. The van der Waals surface area contributed by atoms with E-state index in [2.05, 4.69) is 36.5 Å². The summed E-state index contributed by atoms with van der Waals surface area (Å²) in [6.45, 7) is 2.71. The first-order valence-corrected chi connectivity index (χ1v) is 9.12. The van der Waals surface area contributed by atoms with E-state index in [1.165, 1.54) is 16.9 Å². The Kier molecular flexibility index (Phi) is 5.13. The third-order valence-corrected chi connectivity index (χ3v) is 5.45. The first-order valence-electron chi connectivity index (χ1n) is 8.24. The molecule has 1 heterocycles. The van der Waals surface area contributed by atoms with E-state index in [4.69, 9.17) is 0 Å². The molecule has 2 unspecified atom stereocenters. The Hall–Kier alpha value is -1.65. The normalized spacial score (nSPS) is 21.1. The average molecular weight is 329 g/mol. The van der Waals surface area contributed by atoms with Crippen molar-refractivity contribution in [2.75, 3.05) is 6.54 Å². The molecular formula is C19H23NO2S. The van der Waals surface area contributed by atoms with Crippen LogP contribution in [0.25, 0.3) is 11.1 Å². The van der Waals surface area contributed by atoms with E-state index < -0.39 is 0 Å². The number of benzene rings is 1. The molecule has 1 saturated carbocycles. The summed E-state index contributed by atoms with van der Waals surface area (Å²) in [5.74, 6) is 0.390. The number of carbonyl (C=O) groups is 1. The van der Waals surface area contributed by atoms with Gasteiger partial charge in [0.05, 0.1) is 11.0 Å². The largest absolute Gasteiger partial charge is 0.393 e. The molecule has 2 aromatic rings. The van der Waals surface area contributed by atoms with Crippen molar-refractivity contribution in [2.45, 2.75) is 38.7 Å². The van der Waals surface area contributed by atoms with Crippen molar-refractivity contribution < 1.29 is 9.90 Å². The Morgan fingerprint density at radius 2 is 2.04 bits per heavy atom. The van der Waals surface area contributed by atoms with Crippen molar-refractivity contribution in [1.29, 1.82) is 0 Å². The molecule has 0 bridgehead atoms. The molecule has 0 radical (unpaired) electrons. The van der Waals surface area contributed by atoms with Crippen molar-refractivity contribution in [2.24, 2.45) is 5.92 Å². The number of hydrogen-bond donors (Lipinski definition) is 2. The fourth-order valence-corrected chi connectivity index (χ4v) is 4.04. The van der Waals surface area contributed by atoms with Crippen LogP contribution in [0.5, 0.6) is 0 Å². The van der Waals surface area contributed by atoms with Gasteiger partial charge in [-0.15, -0.1) is 11.3 Å². The molecule has 0 aliphatic heterocycles. The minimum atomic E-state index is -0.199. The average Bonchev–Trinajstić information content (AvgIpc) is 3.03. The van der Waals surface area contributed by atoms with Crippen molar-refractivity contribution in [1.82, 2.24) is 5.32 Å². The molecule has 3 nitrogen and oxygen atoms in total. The van der Waals surface area contributed by atoms with E-state index in [1.54, 1.807) is 0 Å². The summed E-state index contributed by atoms with van der Waals surface area (Å²) in [6, 6.07) is 10.3. The number of aliphatic hydroxyl groups is 1. The van der Waals surface area contributed by atoms with Gasteiger partial charge in [0.15, 0.2) is 0 Å². The molecule has 1 fully saturated rings. The summed E-state index contributed by atoms with van der Waals surface area (Å²) in [4.78, 5) is 13.3. The van der Waals surface area contributed by atoms with E-state index in [9.17, 15) is 9.90 Å². The highest BCUT2D eigenvalue weighted by atomic mass is 32.1. The lowest BCUT2D eigenvalue weighted by atomic mass is 9.87. The molecule has 3 rings (SSSR count). The van der Waals surface area contributed by atoms with Crippen molar-refractivity contribution in [3.05, 3.63) is 46.2 Å². The Bertz CT molecular complexity index is 662. The Labute approximate surface area is 141 Å². The minimum Gasteiger partial charge on any atom is -0.393 e. The smallest absolute Gasteiger partial charge is 0.261 e.